The number of aromatic nitrogens is 2. The molecule has 2 atom stereocenters. The number of aromatic amines is 1. The van der Waals surface area contributed by atoms with Crippen LogP contribution in [0.15, 0.2) is 23.7 Å². The number of H-pyrrole nitrogens is 1. The number of carbonyl (C=O) groups is 1. The number of ether oxygens (including phenoxy) is 1. The molecule has 2 aromatic rings. The Kier molecular flexibility index (Phi) is 4.36. The fourth-order valence-corrected chi connectivity index (χ4v) is 3.47. The average Bonchev–Trinajstić information content (AvgIpc) is 3.20. The SMILES string of the molecule is C[C@@H](Cc1cccs1)NC(=O)c1cn[nH]c1[C@@H]1CCOC1. The number of thiophene rings is 1. The first kappa shape index (κ1) is 14.3. The highest BCUT2D eigenvalue weighted by Crippen LogP contribution is 2.26. The van der Waals surface area contributed by atoms with Crippen LogP contribution in [0.1, 0.15) is 40.2 Å². The summed E-state index contributed by atoms with van der Waals surface area (Å²) >= 11 is 1.71. The van der Waals surface area contributed by atoms with Crippen LogP contribution in [0.5, 0.6) is 0 Å². The minimum absolute atomic E-state index is 0.0605. The third kappa shape index (κ3) is 3.33. The Morgan fingerprint density at radius 3 is 3.29 bits per heavy atom. The summed E-state index contributed by atoms with van der Waals surface area (Å²) in [6, 6.07) is 4.22. The fourth-order valence-electron chi connectivity index (χ4n) is 2.63. The van der Waals surface area contributed by atoms with Gasteiger partial charge in [-0.3, -0.25) is 9.89 Å². The standard InChI is InChI=1S/C15H19N3O2S/c1-10(7-12-3-2-6-21-12)17-15(19)13-8-16-18-14(13)11-4-5-20-9-11/h2-3,6,8,10-11H,4-5,7,9H2,1H3,(H,16,18)(H,17,19)/t10-,11+/m0/s1. The maximum atomic E-state index is 12.4. The van der Waals surface area contributed by atoms with Crippen molar-refractivity contribution in [2.75, 3.05) is 13.2 Å². The van der Waals surface area contributed by atoms with Crippen LogP contribution in [0.4, 0.5) is 0 Å². The molecular formula is C15H19N3O2S. The topological polar surface area (TPSA) is 67.0 Å². The van der Waals surface area contributed by atoms with Crippen LogP contribution in [0.3, 0.4) is 0 Å². The summed E-state index contributed by atoms with van der Waals surface area (Å²) in [6.45, 7) is 3.43. The number of carbonyl (C=O) groups excluding carboxylic acids is 1. The molecule has 2 aromatic heterocycles. The zero-order valence-electron chi connectivity index (χ0n) is 12.0. The molecule has 21 heavy (non-hydrogen) atoms. The summed E-state index contributed by atoms with van der Waals surface area (Å²) in [5.74, 6) is 0.190. The first-order chi connectivity index (χ1) is 10.2. The smallest absolute Gasteiger partial charge is 0.254 e. The maximum Gasteiger partial charge on any atom is 0.254 e. The lowest BCUT2D eigenvalue weighted by Crippen LogP contribution is -2.34. The molecule has 1 fully saturated rings. The molecule has 6 heteroatoms. The highest BCUT2D eigenvalue weighted by Gasteiger charge is 2.25. The van der Waals surface area contributed by atoms with Crippen molar-refractivity contribution in [2.24, 2.45) is 0 Å². The zero-order valence-corrected chi connectivity index (χ0v) is 12.8. The third-order valence-electron chi connectivity index (χ3n) is 3.72. The van der Waals surface area contributed by atoms with Crippen molar-refractivity contribution in [1.82, 2.24) is 15.5 Å². The van der Waals surface area contributed by atoms with Crippen molar-refractivity contribution in [1.29, 1.82) is 0 Å². The highest BCUT2D eigenvalue weighted by molar-refractivity contribution is 7.09. The predicted molar refractivity (Wildman–Crippen MR) is 81.7 cm³/mol. The van der Waals surface area contributed by atoms with Gasteiger partial charge >= 0.3 is 0 Å². The molecule has 0 saturated carbocycles. The second-order valence-corrected chi connectivity index (χ2v) is 6.45. The monoisotopic (exact) mass is 305 g/mol. The molecule has 1 saturated heterocycles. The lowest BCUT2D eigenvalue weighted by molar-refractivity contribution is 0.0938. The Morgan fingerprint density at radius 2 is 2.57 bits per heavy atom. The molecular weight excluding hydrogens is 286 g/mol. The summed E-state index contributed by atoms with van der Waals surface area (Å²) in [5, 5.41) is 12.1. The number of amides is 1. The molecule has 112 valence electrons. The van der Waals surface area contributed by atoms with E-state index < -0.39 is 0 Å². The van der Waals surface area contributed by atoms with Crippen molar-refractivity contribution in [3.05, 3.63) is 39.8 Å². The quantitative estimate of drug-likeness (QED) is 0.891. The van der Waals surface area contributed by atoms with E-state index in [1.54, 1.807) is 17.5 Å². The van der Waals surface area contributed by atoms with E-state index in [1.165, 1.54) is 4.88 Å². The Hall–Kier alpha value is -1.66. The molecule has 0 unspecified atom stereocenters. The molecule has 0 aromatic carbocycles. The van der Waals surface area contributed by atoms with Crippen molar-refractivity contribution < 1.29 is 9.53 Å². The van der Waals surface area contributed by atoms with Gasteiger partial charge in [-0.15, -0.1) is 11.3 Å². The number of nitrogens with zero attached hydrogens (tertiary/aromatic N) is 1. The summed E-state index contributed by atoms with van der Waals surface area (Å²) in [6.07, 6.45) is 3.40. The predicted octanol–water partition coefficient (Wildman–Crippen LogP) is 2.34. The fraction of sp³-hybridized carbons (Fsp3) is 0.467. The minimum Gasteiger partial charge on any atom is -0.381 e. The number of hydrogen-bond acceptors (Lipinski definition) is 4. The lowest BCUT2D eigenvalue weighted by Gasteiger charge is -2.14. The lowest BCUT2D eigenvalue weighted by atomic mass is 10.0. The molecule has 1 aliphatic rings. The number of nitrogens with one attached hydrogen (secondary N) is 2. The van der Waals surface area contributed by atoms with Crippen molar-refractivity contribution in [3.8, 4) is 0 Å². The van der Waals surface area contributed by atoms with Gasteiger partial charge in [0.2, 0.25) is 0 Å². The highest BCUT2D eigenvalue weighted by atomic mass is 32.1. The van der Waals surface area contributed by atoms with Gasteiger partial charge in [-0.05, 0) is 24.8 Å². The van der Waals surface area contributed by atoms with E-state index in [-0.39, 0.29) is 17.9 Å². The van der Waals surface area contributed by atoms with Gasteiger partial charge in [0.25, 0.3) is 5.91 Å². The van der Waals surface area contributed by atoms with Crippen LogP contribution in [0.25, 0.3) is 0 Å². The van der Waals surface area contributed by atoms with Gasteiger partial charge in [0, 0.05) is 29.9 Å². The molecule has 5 nitrogen and oxygen atoms in total. The van der Waals surface area contributed by atoms with Crippen molar-refractivity contribution in [2.45, 2.75) is 31.7 Å². The van der Waals surface area contributed by atoms with Crippen LogP contribution in [-0.2, 0) is 11.2 Å². The van der Waals surface area contributed by atoms with Crippen LogP contribution in [0.2, 0.25) is 0 Å². The molecule has 0 aliphatic carbocycles. The average molecular weight is 305 g/mol. The summed E-state index contributed by atoms with van der Waals surface area (Å²) in [5.41, 5.74) is 1.54. The Labute approximate surface area is 127 Å². The minimum atomic E-state index is -0.0605. The van der Waals surface area contributed by atoms with E-state index in [2.05, 4.69) is 27.0 Å². The molecule has 0 radical (unpaired) electrons. The Balaban J connectivity index is 1.64. The van der Waals surface area contributed by atoms with E-state index in [0.717, 1.165) is 25.1 Å². The van der Waals surface area contributed by atoms with Crippen LogP contribution < -0.4 is 5.32 Å². The molecule has 1 aliphatic heterocycles. The van der Waals surface area contributed by atoms with Crippen LogP contribution >= 0.6 is 11.3 Å². The second kappa shape index (κ2) is 6.41. The van der Waals surface area contributed by atoms with Gasteiger partial charge in [0.05, 0.1) is 24.1 Å². The van der Waals surface area contributed by atoms with Gasteiger partial charge < -0.3 is 10.1 Å². The van der Waals surface area contributed by atoms with Gasteiger partial charge in [-0.1, -0.05) is 6.07 Å². The van der Waals surface area contributed by atoms with Crippen molar-refractivity contribution in [3.63, 3.8) is 0 Å². The Bertz CT molecular complexity index is 588. The van der Waals surface area contributed by atoms with E-state index >= 15 is 0 Å². The molecule has 3 rings (SSSR count). The summed E-state index contributed by atoms with van der Waals surface area (Å²) in [4.78, 5) is 13.7. The molecule has 3 heterocycles. The summed E-state index contributed by atoms with van der Waals surface area (Å²) in [7, 11) is 0. The molecule has 2 N–H and O–H groups in total. The van der Waals surface area contributed by atoms with Gasteiger partial charge in [0.15, 0.2) is 0 Å². The van der Waals surface area contributed by atoms with Crippen LogP contribution in [-0.4, -0.2) is 35.4 Å². The molecule has 0 spiro atoms. The largest absolute Gasteiger partial charge is 0.381 e. The van der Waals surface area contributed by atoms with E-state index in [1.807, 2.05) is 13.0 Å². The number of rotatable bonds is 5. The van der Waals surface area contributed by atoms with Gasteiger partial charge in [0.1, 0.15) is 0 Å². The van der Waals surface area contributed by atoms with Crippen LogP contribution in [0, 0.1) is 0 Å². The first-order valence-electron chi connectivity index (χ1n) is 7.18. The van der Waals surface area contributed by atoms with Crippen molar-refractivity contribution >= 4 is 17.2 Å². The number of hydrogen-bond donors (Lipinski definition) is 2. The van der Waals surface area contributed by atoms with Gasteiger partial charge in [-0.25, -0.2) is 0 Å². The normalized spacial score (nSPS) is 19.6. The van der Waals surface area contributed by atoms with E-state index in [0.29, 0.717) is 12.2 Å². The summed E-state index contributed by atoms with van der Waals surface area (Å²) < 4.78 is 5.39. The molecule has 0 bridgehead atoms. The first-order valence-corrected chi connectivity index (χ1v) is 8.06. The zero-order chi connectivity index (χ0) is 14.7. The third-order valence-corrected chi connectivity index (χ3v) is 4.62. The van der Waals surface area contributed by atoms with E-state index in [9.17, 15) is 4.79 Å². The Morgan fingerprint density at radius 1 is 1.67 bits per heavy atom. The maximum absolute atomic E-state index is 12.4. The second-order valence-electron chi connectivity index (χ2n) is 5.42. The molecule has 1 amide bonds. The van der Waals surface area contributed by atoms with E-state index in [4.69, 9.17) is 4.74 Å². The van der Waals surface area contributed by atoms with Gasteiger partial charge in [-0.2, -0.15) is 5.10 Å².